The summed E-state index contributed by atoms with van der Waals surface area (Å²) >= 11 is 0. The fraction of sp³-hybridized carbons (Fsp3) is 0.550. The van der Waals surface area contributed by atoms with Crippen molar-refractivity contribution in [3.63, 3.8) is 0 Å². The molecule has 2 fully saturated rings. The Balaban J connectivity index is 1.68. The number of hydrogen-bond acceptors (Lipinski definition) is 4. The van der Waals surface area contributed by atoms with Crippen LogP contribution in [0.3, 0.4) is 0 Å². The predicted molar refractivity (Wildman–Crippen MR) is 89.5 cm³/mol. The van der Waals surface area contributed by atoms with Crippen molar-refractivity contribution >= 4 is 0 Å². The minimum absolute atomic E-state index is 0.00514. The van der Waals surface area contributed by atoms with Gasteiger partial charge in [-0.3, -0.25) is 0 Å². The van der Waals surface area contributed by atoms with Gasteiger partial charge in [0.05, 0.1) is 25.7 Å². The Labute approximate surface area is 142 Å². The molecule has 0 aromatic heterocycles. The molecule has 0 aliphatic heterocycles. The van der Waals surface area contributed by atoms with Crippen molar-refractivity contribution in [2.24, 2.45) is 11.8 Å². The third-order valence-electron chi connectivity index (χ3n) is 6.42. The van der Waals surface area contributed by atoms with Crippen LogP contribution >= 0.6 is 0 Å². The van der Waals surface area contributed by atoms with Crippen molar-refractivity contribution in [3.8, 4) is 11.8 Å². The molecular formula is C20H23NO3. The molecule has 0 radical (unpaired) electrons. The molecule has 4 nitrogen and oxygen atoms in total. The largest absolute Gasteiger partial charge is 0.497 e. The van der Waals surface area contributed by atoms with E-state index >= 15 is 0 Å². The lowest BCUT2D eigenvalue weighted by Crippen LogP contribution is -2.45. The number of aliphatic hydroxyl groups is 2. The van der Waals surface area contributed by atoms with E-state index in [1.165, 1.54) is 16.7 Å². The smallest absolute Gasteiger partial charge is 0.119 e. The van der Waals surface area contributed by atoms with Gasteiger partial charge < -0.3 is 14.9 Å². The van der Waals surface area contributed by atoms with E-state index in [-0.39, 0.29) is 18.3 Å². The second-order valence-electron chi connectivity index (χ2n) is 7.39. The van der Waals surface area contributed by atoms with E-state index in [9.17, 15) is 10.2 Å². The maximum atomic E-state index is 10.9. The monoisotopic (exact) mass is 325 g/mol. The van der Waals surface area contributed by atoms with Crippen LogP contribution in [-0.2, 0) is 6.42 Å². The molecule has 0 amide bonds. The van der Waals surface area contributed by atoms with Gasteiger partial charge in [-0.15, -0.1) is 0 Å². The Morgan fingerprint density at radius 1 is 1.38 bits per heavy atom. The minimum atomic E-state index is -1.24. The average Bonchev–Trinajstić information content (AvgIpc) is 2.85. The third kappa shape index (κ3) is 2.12. The molecule has 126 valence electrons. The highest BCUT2D eigenvalue weighted by Gasteiger charge is 2.56. The summed E-state index contributed by atoms with van der Waals surface area (Å²) in [5.41, 5.74) is 2.78. The maximum absolute atomic E-state index is 10.9. The normalized spacial score (nSPS) is 36.8. The van der Waals surface area contributed by atoms with E-state index in [0.717, 1.165) is 25.0 Å². The van der Waals surface area contributed by atoms with Crippen LogP contribution in [0.1, 0.15) is 42.7 Å². The van der Waals surface area contributed by atoms with Crippen LogP contribution in [0.15, 0.2) is 29.8 Å². The number of methoxy groups -OCH3 is 1. The molecule has 2 N–H and O–H groups in total. The van der Waals surface area contributed by atoms with Gasteiger partial charge in [-0.1, -0.05) is 17.7 Å². The summed E-state index contributed by atoms with van der Waals surface area (Å²) in [5.74, 6) is 1.44. The second kappa shape index (κ2) is 5.61. The van der Waals surface area contributed by atoms with Gasteiger partial charge in [0, 0.05) is 5.92 Å². The number of allylic oxidation sites excluding steroid dienone is 2. The van der Waals surface area contributed by atoms with Crippen LogP contribution in [-0.4, -0.2) is 29.0 Å². The van der Waals surface area contributed by atoms with E-state index in [0.29, 0.717) is 12.3 Å². The summed E-state index contributed by atoms with van der Waals surface area (Å²) < 4.78 is 5.34. The van der Waals surface area contributed by atoms with Gasteiger partial charge in [0.2, 0.25) is 0 Å². The molecule has 0 bridgehead atoms. The molecule has 3 aliphatic rings. The lowest BCUT2D eigenvalue weighted by atomic mass is 9.64. The fourth-order valence-electron chi connectivity index (χ4n) is 5.25. The van der Waals surface area contributed by atoms with Crippen LogP contribution in [0, 0.1) is 23.2 Å². The summed E-state index contributed by atoms with van der Waals surface area (Å²) in [6.45, 7) is 0. The summed E-state index contributed by atoms with van der Waals surface area (Å²) in [4.78, 5) is 0. The Bertz CT molecular complexity index is 735. The first-order valence-corrected chi connectivity index (χ1v) is 8.72. The summed E-state index contributed by atoms with van der Waals surface area (Å²) in [7, 11) is 1.69. The topological polar surface area (TPSA) is 73.5 Å². The number of aliphatic hydroxyl groups excluding tert-OH is 1. The first-order valence-electron chi connectivity index (χ1n) is 8.72. The number of ether oxygens (including phenoxy) is 1. The molecule has 0 spiro atoms. The van der Waals surface area contributed by atoms with E-state index in [1.807, 2.05) is 6.07 Å². The number of nitrogens with zero attached hydrogens (tertiary/aromatic N) is 1. The van der Waals surface area contributed by atoms with Gasteiger partial charge in [-0.2, -0.15) is 5.26 Å². The van der Waals surface area contributed by atoms with Crippen molar-refractivity contribution in [2.45, 2.75) is 49.7 Å². The van der Waals surface area contributed by atoms with E-state index in [4.69, 9.17) is 10.00 Å². The summed E-state index contributed by atoms with van der Waals surface area (Å²) in [5, 5.41) is 30.4. The standard InChI is InChI=1S/C20H23NO3/c1-24-13-3-5-14-12(10-13)2-4-16-15(14)6-7-18-17(16)11-19(22)20(18,23)8-9-21/h3-5,10,15,17-19,22-23H,2,6-8,11H2,1H3. The molecule has 3 aliphatic carbocycles. The Morgan fingerprint density at radius 3 is 2.96 bits per heavy atom. The van der Waals surface area contributed by atoms with Crippen LogP contribution < -0.4 is 4.74 Å². The van der Waals surface area contributed by atoms with Crippen molar-refractivity contribution in [1.29, 1.82) is 5.26 Å². The quantitative estimate of drug-likeness (QED) is 0.820. The van der Waals surface area contributed by atoms with Crippen LogP contribution in [0.4, 0.5) is 0 Å². The van der Waals surface area contributed by atoms with Crippen LogP contribution in [0.25, 0.3) is 0 Å². The van der Waals surface area contributed by atoms with Gasteiger partial charge in [-0.25, -0.2) is 0 Å². The SMILES string of the molecule is COc1ccc2c(c1)CC=C1C2CCC2C1CC(O)C2(O)CC#N. The molecule has 1 aromatic carbocycles. The fourth-order valence-corrected chi connectivity index (χ4v) is 5.25. The first-order chi connectivity index (χ1) is 11.6. The molecular weight excluding hydrogens is 302 g/mol. The van der Waals surface area contributed by atoms with Gasteiger partial charge in [-0.05, 0) is 60.8 Å². The number of benzene rings is 1. The number of rotatable bonds is 2. The molecule has 0 heterocycles. The van der Waals surface area contributed by atoms with E-state index in [1.54, 1.807) is 7.11 Å². The maximum Gasteiger partial charge on any atom is 0.119 e. The van der Waals surface area contributed by atoms with Gasteiger partial charge in [0.25, 0.3) is 0 Å². The summed E-state index contributed by atoms with van der Waals surface area (Å²) in [6.07, 6.45) is 4.75. The molecule has 2 saturated carbocycles. The highest BCUT2D eigenvalue weighted by molar-refractivity contribution is 5.47. The molecule has 4 rings (SSSR count). The van der Waals surface area contributed by atoms with Crippen molar-refractivity contribution < 1.29 is 14.9 Å². The predicted octanol–water partition coefficient (Wildman–Crippen LogP) is 2.70. The zero-order chi connectivity index (χ0) is 16.9. The molecule has 5 atom stereocenters. The zero-order valence-corrected chi connectivity index (χ0v) is 13.9. The zero-order valence-electron chi connectivity index (χ0n) is 13.9. The van der Waals surface area contributed by atoms with Gasteiger partial charge in [0.1, 0.15) is 11.4 Å². The Morgan fingerprint density at radius 2 is 2.21 bits per heavy atom. The van der Waals surface area contributed by atoms with Crippen molar-refractivity contribution in [1.82, 2.24) is 0 Å². The number of nitriles is 1. The molecule has 24 heavy (non-hydrogen) atoms. The number of hydrogen-bond donors (Lipinski definition) is 2. The minimum Gasteiger partial charge on any atom is -0.497 e. The van der Waals surface area contributed by atoms with Crippen molar-refractivity contribution in [2.75, 3.05) is 7.11 Å². The third-order valence-corrected chi connectivity index (χ3v) is 6.42. The highest BCUT2D eigenvalue weighted by atomic mass is 16.5. The Kier molecular flexibility index (Phi) is 3.67. The molecule has 0 saturated heterocycles. The van der Waals surface area contributed by atoms with Gasteiger partial charge >= 0.3 is 0 Å². The van der Waals surface area contributed by atoms with Crippen LogP contribution in [0.5, 0.6) is 5.75 Å². The highest BCUT2D eigenvalue weighted by Crippen LogP contribution is 2.57. The van der Waals surface area contributed by atoms with Crippen LogP contribution in [0.2, 0.25) is 0 Å². The first kappa shape index (κ1) is 15.7. The lowest BCUT2D eigenvalue weighted by molar-refractivity contribution is -0.0830. The molecule has 4 heteroatoms. The average molecular weight is 325 g/mol. The second-order valence-corrected chi connectivity index (χ2v) is 7.39. The van der Waals surface area contributed by atoms with E-state index < -0.39 is 11.7 Å². The lowest BCUT2D eigenvalue weighted by Gasteiger charge is -2.42. The van der Waals surface area contributed by atoms with E-state index in [2.05, 4.69) is 24.3 Å². The van der Waals surface area contributed by atoms with Gasteiger partial charge in [0.15, 0.2) is 0 Å². The Hall–Kier alpha value is -1.83. The number of fused-ring (bicyclic) bond motifs is 5. The van der Waals surface area contributed by atoms with Crippen molar-refractivity contribution in [3.05, 3.63) is 41.0 Å². The molecule has 5 unspecified atom stereocenters. The summed E-state index contributed by atoms with van der Waals surface area (Å²) in [6, 6.07) is 8.37. The molecule has 1 aromatic rings.